The maximum absolute atomic E-state index is 5.12. The molecule has 0 unspecified atom stereocenters. The first-order valence-electron chi connectivity index (χ1n) is 4.39. The van der Waals surface area contributed by atoms with E-state index in [4.69, 9.17) is 9.05 Å². The van der Waals surface area contributed by atoms with Crippen molar-refractivity contribution in [2.24, 2.45) is 0 Å². The van der Waals surface area contributed by atoms with E-state index in [1.54, 1.807) is 0 Å². The van der Waals surface area contributed by atoms with E-state index in [1.165, 1.54) is 0 Å². The molecule has 0 bridgehead atoms. The van der Waals surface area contributed by atoms with E-state index in [-0.39, 0.29) is 0 Å². The predicted octanol–water partition coefficient (Wildman–Crippen LogP) is 3.42. The lowest BCUT2D eigenvalue weighted by atomic mass is 10.5. The van der Waals surface area contributed by atoms with Crippen molar-refractivity contribution in [3.05, 3.63) is 0 Å². The molecule has 0 aromatic carbocycles. The highest BCUT2D eigenvalue weighted by atomic mass is 31.2. The maximum Gasteiger partial charge on any atom is 0.167 e. The summed E-state index contributed by atoms with van der Waals surface area (Å²) >= 11 is 0. The first-order valence-corrected chi connectivity index (χ1v) is 6.01. The highest BCUT2D eigenvalue weighted by molar-refractivity contribution is 7.46. The molecule has 3 heteroatoms. The van der Waals surface area contributed by atoms with E-state index in [2.05, 4.69) is 0 Å². The van der Waals surface area contributed by atoms with Gasteiger partial charge in [-0.05, 0) is 6.42 Å². The molecule has 1 heterocycles. The zero-order valence-corrected chi connectivity index (χ0v) is 9.28. The predicted molar refractivity (Wildman–Crippen MR) is 52.1 cm³/mol. The lowest BCUT2D eigenvalue weighted by molar-refractivity contribution is 0.185. The van der Waals surface area contributed by atoms with Gasteiger partial charge in [-0.2, -0.15) is 0 Å². The van der Waals surface area contributed by atoms with Crippen molar-refractivity contribution in [1.29, 1.82) is 0 Å². The highest BCUT2D eigenvalue weighted by Gasteiger charge is 2.06. The molecule has 70 valence electrons. The molecule has 1 fully saturated rings. The minimum Gasteiger partial charge on any atom is -0.334 e. The van der Waals surface area contributed by atoms with Crippen molar-refractivity contribution in [3.63, 3.8) is 0 Å². The molecule has 11 heavy (non-hydrogen) atoms. The summed E-state index contributed by atoms with van der Waals surface area (Å²) in [4.78, 5) is 0. The minimum atomic E-state index is -0.492. The summed E-state index contributed by atoms with van der Waals surface area (Å²) in [6.45, 7) is 11.8. The van der Waals surface area contributed by atoms with Crippen LogP contribution in [0, 0.1) is 0 Å². The maximum atomic E-state index is 5.12. The lowest BCUT2D eigenvalue weighted by Gasteiger charge is -2.17. The Hall–Kier alpha value is 0.350. The van der Waals surface area contributed by atoms with Crippen LogP contribution in [-0.2, 0) is 9.05 Å². The fourth-order valence-electron chi connectivity index (χ4n) is 0.482. The van der Waals surface area contributed by atoms with Crippen molar-refractivity contribution < 1.29 is 9.05 Å². The molecule has 0 spiro atoms. The normalized spacial score (nSPS) is 17.2. The van der Waals surface area contributed by atoms with E-state index >= 15 is 0 Å². The smallest absolute Gasteiger partial charge is 0.167 e. The fourth-order valence-corrected chi connectivity index (χ4v) is 1.33. The van der Waals surface area contributed by atoms with Crippen LogP contribution in [0.2, 0.25) is 0 Å². The minimum absolute atomic E-state index is 0.492. The second-order valence-electron chi connectivity index (χ2n) is 1.46. The fraction of sp³-hybridized carbons (Fsp3) is 1.00. The van der Waals surface area contributed by atoms with E-state index < -0.39 is 8.38 Å². The molecule has 0 N–H and O–H groups in total. The van der Waals surface area contributed by atoms with Crippen LogP contribution >= 0.6 is 8.38 Å². The van der Waals surface area contributed by atoms with Gasteiger partial charge >= 0.3 is 0 Å². The average molecular weight is 180 g/mol. The van der Waals surface area contributed by atoms with Crippen LogP contribution in [0.25, 0.3) is 0 Å². The summed E-state index contributed by atoms with van der Waals surface area (Å²) in [7, 11) is -0.492. The van der Waals surface area contributed by atoms with Crippen LogP contribution in [0.15, 0.2) is 0 Å². The molecule has 1 aliphatic heterocycles. The quantitative estimate of drug-likeness (QED) is 0.532. The van der Waals surface area contributed by atoms with E-state index in [1.807, 2.05) is 34.4 Å². The van der Waals surface area contributed by atoms with Gasteiger partial charge in [-0.3, -0.25) is 0 Å². The second-order valence-corrected chi connectivity index (χ2v) is 2.86. The summed E-state index contributed by atoms with van der Waals surface area (Å²) in [5.41, 5.74) is 0. The molecule has 0 aliphatic carbocycles. The van der Waals surface area contributed by atoms with Crippen molar-refractivity contribution in [3.8, 4) is 0 Å². The third kappa shape index (κ3) is 10.4. The van der Waals surface area contributed by atoms with Crippen molar-refractivity contribution >= 4 is 8.38 Å². The molecule has 1 aliphatic rings. The molecule has 0 radical (unpaired) electrons. The number of hydrogen-bond acceptors (Lipinski definition) is 2. The topological polar surface area (TPSA) is 18.5 Å². The molecule has 1 rings (SSSR count). The summed E-state index contributed by atoms with van der Waals surface area (Å²) in [6, 6.07) is 0. The van der Waals surface area contributed by atoms with Gasteiger partial charge < -0.3 is 9.05 Å². The Morgan fingerprint density at radius 2 is 1.27 bits per heavy atom. The van der Waals surface area contributed by atoms with Crippen molar-refractivity contribution in [1.82, 2.24) is 0 Å². The van der Waals surface area contributed by atoms with Gasteiger partial charge in [0.1, 0.15) is 0 Å². The highest BCUT2D eigenvalue weighted by Crippen LogP contribution is 2.36. The molecule has 0 amide bonds. The Balaban J connectivity index is 0. The molecule has 1 saturated heterocycles. The number of hydrogen-bond donors (Lipinski definition) is 0. The van der Waals surface area contributed by atoms with Gasteiger partial charge in [-0.25, -0.2) is 0 Å². The Kier molecular flexibility index (Phi) is 16.4. The van der Waals surface area contributed by atoms with Crippen molar-refractivity contribution in [2.75, 3.05) is 19.9 Å². The monoisotopic (exact) mass is 180 g/mol. The average Bonchev–Trinajstić information content (AvgIpc) is 2.13. The molecule has 0 aromatic rings. The van der Waals surface area contributed by atoms with Crippen molar-refractivity contribution in [2.45, 2.75) is 34.1 Å². The lowest BCUT2D eigenvalue weighted by Crippen LogP contribution is -2.03. The van der Waals surface area contributed by atoms with Crippen LogP contribution in [0.5, 0.6) is 0 Å². The van der Waals surface area contributed by atoms with Gasteiger partial charge in [0, 0.05) is 6.66 Å². The van der Waals surface area contributed by atoms with Gasteiger partial charge in [0.25, 0.3) is 0 Å². The van der Waals surface area contributed by atoms with Gasteiger partial charge in [0.15, 0.2) is 8.38 Å². The Bertz CT molecular complexity index is 54.1. The van der Waals surface area contributed by atoms with Gasteiger partial charge in [-0.15, -0.1) is 0 Å². The Morgan fingerprint density at radius 1 is 0.909 bits per heavy atom. The Morgan fingerprint density at radius 3 is 1.45 bits per heavy atom. The van der Waals surface area contributed by atoms with E-state index in [0.29, 0.717) is 0 Å². The summed E-state index contributed by atoms with van der Waals surface area (Å²) in [5, 5.41) is 0. The largest absolute Gasteiger partial charge is 0.334 e. The van der Waals surface area contributed by atoms with Gasteiger partial charge in [-0.1, -0.05) is 27.7 Å². The molecule has 0 atom stereocenters. The summed E-state index contributed by atoms with van der Waals surface area (Å²) in [5.74, 6) is 0. The van der Waals surface area contributed by atoms with Crippen LogP contribution in [0.3, 0.4) is 0 Å². The first kappa shape index (κ1) is 13.9. The van der Waals surface area contributed by atoms with Gasteiger partial charge in [0.05, 0.1) is 13.2 Å². The third-order valence-corrected chi connectivity index (χ3v) is 1.93. The zero-order valence-electron chi connectivity index (χ0n) is 8.39. The zero-order chi connectivity index (χ0) is 9.11. The standard InChI is InChI=1S/C4H9O2P.2C2H6/c1-7-5-3-2-4-6-7;2*1-2/h2-4H2,1H3;2*1-2H3. The number of rotatable bonds is 0. The second kappa shape index (κ2) is 13.0. The molecular formula is C8H21O2P. The van der Waals surface area contributed by atoms with Crippen LogP contribution in [0.1, 0.15) is 34.1 Å². The summed E-state index contributed by atoms with van der Waals surface area (Å²) in [6.07, 6.45) is 1.06. The van der Waals surface area contributed by atoms with Crippen LogP contribution in [-0.4, -0.2) is 19.9 Å². The van der Waals surface area contributed by atoms with E-state index in [9.17, 15) is 0 Å². The molecular weight excluding hydrogens is 159 g/mol. The van der Waals surface area contributed by atoms with Gasteiger partial charge in [0.2, 0.25) is 0 Å². The van der Waals surface area contributed by atoms with E-state index in [0.717, 1.165) is 19.6 Å². The molecule has 2 nitrogen and oxygen atoms in total. The molecule has 0 saturated carbocycles. The SMILES string of the molecule is CC.CC.CP1OCCCO1. The summed E-state index contributed by atoms with van der Waals surface area (Å²) < 4.78 is 10.2. The first-order chi connectivity index (χ1) is 5.39. The molecule has 0 aromatic heterocycles. The van der Waals surface area contributed by atoms with Crippen LogP contribution < -0.4 is 0 Å². The van der Waals surface area contributed by atoms with Crippen LogP contribution in [0.4, 0.5) is 0 Å². The third-order valence-electron chi connectivity index (χ3n) is 0.835. The Labute approximate surface area is 72.2 Å².